The fraction of sp³-hybridized carbons (Fsp3) is 0.600. The fourth-order valence-electron chi connectivity index (χ4n) is 2.35. The van der Waals surface area contributed by atoms with Crippen molar-refractivity contribution < 1.29 is 13.2 Å². The van der Waals surface area contributed by atoms with E-state index >= 15 is 0 Å². The lowest BCUT2D eigenvalue weighted by atomic mass is 10.1. The van der Waals surface area contributed by atoms with Crippen LogP contribution in [0.15, 0.2) is 18.3 Å². The summed E-state index contributed by atoms with van der Waals surface area (Å²) in [5.74, 6) is 0.752. The number of carbonyl (C=O) groups is 1. The van der Waals surface area contributed by atoms with Crippen LogP contribution < -0.4 is 10.2 Å². The molecule has 0 saturated carbocycles. The van der Waals surface area contributed by atoms with Gasteiger partial charge < -0.3 is 10.2 Å². The molecule has 128 valence electrons. The van der Waals surface area contributed by atoms with Gasteiger partial charge in [0.2, 0.25) is 15.9 Å². The number of rotatable bonds is 5. The Labute approximate surface area is 137 Å². The van der Waals surface area contributed by atoms with Gasteiger partial charge in [0.05, 0.1) is 18.1 Å². The van der Waals surface area contributed by atoms with Gasteiger partial charge in [-0.2, -0.15) is 4.31 Å². The third-order valence-electron chi connectivity index (χ3n) is 4.11. The molecule has 0 unspecified atom stereocenters. The molecule has 0 aliphatic carbocycles. The highest BCUT2D eigenvalue weighted by atomic mass is 32.2. The molecule has 0 spiro atoms. The molecule has 2 rings (SSSR count). The topological polar surface area (TPSA) is 82.6 Å². The predicted octanol–water partition coefficient (Wildman–Crippen LogP) is 1.15. The zero-order valence-corrected chi connectivity index (χ0v) is 14.6. The SMILES string of the molecule is CC[C@@H](C)C(=O)Nc1ccc(N2CCN(S(C)(=O)=O)CC2)nc1. The van der Waals surface area contributed by atoms with E-state index in [0.717, 1.165) is 12.2 Å². The van der Waals surface area contributed by atoms with Gasteiger partial charge >= 0.3 is 0 Å². The Bertz CT molecular complexity index is 637. The van der Waals surface area contributed by atoms with E-state index in [0.29, 0.717) is 31.9 Å². The Balaban J connectivity index is 1.94. The molecule has 1 aromatic rings. The molecule has 1 aromatic heterocycles. The minimum atomic E-state index is -3.12. The Hall–Kier alpha value is -1.67. The van der Waals surface area contributed by atoms with E-state index < -0.39 is 10.0 Å². The molecular weight excluding hydrogens is 316 g/mol. The molecule has 8 heteroatoms. The first-order valence-corrected chi connectivity index (χ1v) is 9.63. The third kappa shape index (κ3) is 4.65. The highest BCUT2D eigenvalue weighted by Crippen LogP contribution is 2.17. The number of aromatic nitrogens is 1. The fourth-order valence-corrected chi connectivity index (χ4v) is 3.17. The second-order valence-electron chi connectivity index (χ2n) is 5.85. The van der Waals surface area contributed by atoms with Gasteiger partial charge in [-0.15, -0.1) is 0 Å². The van der Waals surface area contributed by atoms with Gasteiger partial charge in [0.1, 0.15) is 5.82 Å². The van der Waals surface area contributed by atoms with Crippen LogP contribution in [0.3, 0.4) is 0 Å². The van der Waals surface area contributed by atoms with Crippen molar-refractivity contribution in [1.29, 1.82) is 0 Å². The summed E-state index contributed by atoms with van der Waals surface area (Å²) in [5.41, 5.74) is 0.675. The van der Waals surface area contributed by atoms with Crippen LogP contribution in [0.4, 0.5) is 11.5 Å². The quantitative estimate of drug-likeness (QED) is 0.869. The Kier molecular flexibility index (Phi) is 5.59. The maximum absolute atomic E-state index is 11.8. The third-order valence-corrected chi connectivity index (χ3v) is 5.41. The molecule has 0 aromatic carbocycles. The molecule has 0 radical (unpaired) electrons. The monoisotopic (exact) mass is 340 g/mol. The zero-order chi connectivity index (χ0) is 17.0. The summed E-state index contributed by atoms with van der Waals surface area (Å²) in [7, 11) is -3.12. The lowest BCUT2D eigenvalue weighted by molar-refractivity contribution is -0.119. The first-order chi connectivity index (χ1) is 10.8. The van der Waals surface area contributed by atoms with Gasteiger partial charge in [0, 0.05) is 32.1 Å². The lowest BCUT2D eigenvalue weighted by Crippen LogP contribution is -2.48. The number of anilines is 2. The molecule has 1 N–H and O–H groups in total. The predicted molar refractivity (Wildman–Crippen MR) is 91.0 cm³/mol. The normalized spacial score (nSPS) is 17.8. The smallest absolute Gasteiger partial charge is 0.227 e. The van der Waals surface area contributed by atoms with Crippen LogP contribution >= 0.6 is 0 Å². The number of pyridine rings is 1. The standard InChI is InChI=1S/C15H24N4O3S/c1-4-12(2)15(20)17-13-5-6-14(16-11-13)18-7-9-19(10-8-18)23(3,21)22/h5-6,11-12H,4,7-10H2,1-3H3,(H,17,20)/t12-/m1/s1. The van der Waals surface area contributed by atoms with Gasteiger partial charge in [-0.05, 0) is 18.6 Å². The van der Waals surface area contributed by atoms with E-state index in [1.54, 1.807) is 6.20 Å². The van der Waals surface area contributed by atoms with Crippen molar-refractivity contribution in [3.05, 3.63) is 18.3 Å². The maximum atomic E-state index is 11.8. The van der Waals surface area contributed by atoms with Crippen LogP contribution in [-0.4, -0.2) is 56.0 Å². The zero-order valence-electron chi connectivity index (χ0n) is 13.8. The van der Waals surface area contributed by atoms with Gasteiger partial charge in [0.15, 0.2) is 0 Å². The highest BCUT2D eigenvalue weighted by molar-refractivity contribution is 7.88. The van der Waals surface area contributed by atoms with E-state index in [-0.39, 0.29) is 11.8 Å². The number of hydrogen-bond donors (Lipinski definition) is 1. The van der Waals surface area contributed by atoms with E-state index in [4.69, 9.17) is 0 Å². The van der Waals surface area contributed by atoms with Crippen molar-refractivity contribution in [2.24, 2.45) is 5.92 Å². The molecule has 1 fully saturated rings. The van der Waals surface area contributed by atoms with Gasteiger partial charge in [-0.25, -0.2) is 13.4 Å². The number of nitrogens with one attached hydrogen (secondary N) is 1. The molecule has 0 bridgehead atoms. The number of hydrogen-bond acceptors (Lipinski definition) is 5. The largest absolute Gasteiger partial charge is 0.354 e. The maximum Gasteiger partial charge on any atom is 0.227 e. The Morgan fingerprint density at radius 3 is 2.43 bits per heavy atom. The van der Waals surface area contributed by atoms with Crippen molar-refractivity contribution >= 4 is 27.4 Å². The lowest BCUT2D eigenvalue weighted by Gasteiger charge is -2.34. The molecule has 1 atom stereocenters. The van der Waals surface area contributed by atoms with Crippen LogP contribution in [0.1, 0.15) is 20.3 Å². The van der Waals surface area contributed by atoms with Gasteiger partial charge in [-0.3, -0.25) is 4.79 Å². The van der Waals surface area contributed by atoms with E-state index in [2.05, 4.69) is 10.3 Å². The van der Waals surface area contributed by atoms with Crippen molar-refractivity contribution in [2.45, 2.75) is 20.3 Å². The molecular formula is C15H24N4O3S. The van der Waals surface area contributed by atoms with Crippen LogP contribution in [-0.2, 0) is 14.8 Å². The number of sulfonamides is 1. The second kappa shape index (κ2) is 7.27. The summed E-state index contributed by atoms with van der Waals surface area (Å²) >= 11 is 0. The molecule has 7 nitrogen and oxygen atoms in total. The molecule has 23 heavy (non-hydrogen) atoms. The average Bonchev–Trinajstić information content (AvgIpc) is 2.54. The summed E-state index contributed by atoms with van der Waals surface area (Å²) in [6, 6.07) is 3.67. The number of nitrogens with zero attached hydrogens (tertiary/aromatic N) is 3. The first-order valence-electron chi connectivity index (χ1n) is 7.78. The van der Waals surface area contributed by atoms with Crippen LogP contribution in [0.5, 0.6) is 0 Å². The summed E-state index contributed by atoms with van der Waals surface area (Å²) in [6.07, 6.45) is 3.66. The molecule has 1 amide bonds. The number of amides is 1. The summed E-state index contributed by atoms with van der Waals surface area (Å²) in [6.45, 7) is 6.01. The minimum absolute atomic E-state index is 0.0104. The van der Waals surface area contributed by atoms with Crippen LogP contribution in [0.25, 0.3) is 0 Å². The second-order valence-corrected chi connectivity index (χ2v) is 7.84. The number of carbonyl (C=O) groups excluding carboxylic acids is 1. The van der Waals surface area contributed by atoms with Crippen molar-refractivity contribution in [3.63, 3.8) is 0 Å². The Morgan fingerprint density at radius 2 is 1.96 bits per heavy atom. The first kappa shape index (κ1) is 17.7. The van der Waals surface area contributed by atoms with Crippen molar-refractivity contribution in [1.82, 2.24) is 9.29 Å². The van der Waals surface area contributed by atoms with Crippen LogP contribution in [0, 0.1) is 5.92 Å². The van der Waals surface area contributed by atoms with Gasteiger partial charge in [-0.1, -0.05) is 13.8 Å². The van der Waals surface area contributed by atoms with Crippen LogP contribution in [0.2, 0.25) is 0 Å². The molecule has 2 heterocycles. The van der Waals surface area contributed by atoms with E-state index in [1.165, 1.54) is 10.6 Å². The van der Waals surface area contributed by atoms with E-state index in [9.17, 15) is 13.2 Å². The van der Waals surface area contributed by atoms with Gasteiger partial charge in [0.25, 0.3) is 0 Å². The summed E-state index contributed by atoms with van der Waals surface area (Å²) < 4.78 is 24.5. The average molecular weight is 340 g/mol. The summed E-state index contributed by atoms with van der Waals surface area (Å²) in [5, 5.41) is 2.84. The minimum Gasteiger partial charge on any atom is -0.354 e. The number of piperazine rings is 1. The highest BCUT2D eigenvalue weighted by Gasteiger charge is 2.23. The van der Waals surface area contributed by atoms with Crippen molar-refractivity contribution in [3.8, 4) is 0 Å². The molecule has 1 saturated heterocycles. The molecule has 1 aliphatic rings. The summed E-state index contributed by atoms with van der Waals surface area (Å²) in [4.78, 5) is 18.3. The van der Waals surface area contributed by atoms with Crippen molar-refractivity contribution in [2.75, 3.05) is 42.7 Å². The van der Waals surface area contributed by atoms with E-state index in [1.807, 2.05) is 30.9 Å². The molecule has 1 aliphatic heterocycles. The Morgan fingerprint density at radius 1 is 1.30 bits per heavy atom.